The fourth-order valence-corrected chi connectivity index (χ4v) is 2.90. The van der Waals surface area contributed by atoms with Gasteiger partial charge in [0.25, 0.3) is 5.91 Å². The molecule has 2 rings (SSSR count). The molecule has 1 N–H and O–H groups in total. The molecule has 5 heteroatoms. The van der Waals surface area contributed by atoms with Crippen LogP contribution in [0.4, 0.5) is 0 Å². The summed E-state index contributed by atoms with van der Waals surface area (Å²) >= 11 is 1.48. The average Bonchev–Trinajstić information content (AvgIpc) is 3.07. The van der Waals surface area contributed by atoms with Crippen LogP contribution >= 0.6 is 11.3 Å². The average molecular weight is 330 g/mol. The van der Waals surface area contributed by atoms with Crippen molar-refractivity contribution in [2.45, 2.75) is 32.9 Å². The smallest absolute Gasteiger partial charge is 0.252 e. The van der Waals surface area contributed by atoms with Gasteiger partial charge in [0.1, 0.15) is 0 Å². The maximum absolute atomic E-state index is 12.4. The van der Waals surface area contributed by atoms with E-state index in [4.69, 9.17) is 0 Å². The van der Waals surface area contributed by atoms with Gasteiger partial charge in [-0.1, -0.05) is 30.3 Å². The number of nitrogens with zero attached hydrogens (tertiary/aromatic N) is 1. The van der Waals surface area contributed by atoms with Gasteiger partial charge in [0, 0.05) is 36.5 Å². The molecule has 0 fully saturated rings. The van der Waals surface area contributed by atoms with Crippen molar-refractivity contribution in [2.24, 2.45) is 0 Å². The normalized spacial score (nSPS) is 10.6. The molecule has 1 aromatic heterocycles. The van der Waals surface area contributed by atoms with E-state index in [2.05, 4.69) is 5.32 Å². The van der Waals surface area contributed by atoms with E-state index in [1.165, 1.54) is 11.3 Å². The van der Waals surface area contributed by atoms with Crippen molar-refractivity contribution in [1.29, 1.82) is 0 Å². The highest BCUT2D eigenvalue weighted by Gasteiger charge is 2.17. The number of carbonyl (C=O) groups is 2. The van der Waals surface area contributed by atoms with Crippen LogP contribution in [0.5, 0.6) is 0 Å². The Morgan fingerprint density at radius 2 is 1.91 bits per heavy atom. The Hall–Kier alpha value is -2.14. The maximum Gasteiger partial charge on any atom is 0.252 e. The molecular weight excluding hydrogens is 308 g/mol. The lowest BCUT2D eigenvalue weighted by Crippen LogP contribution is -2.38. The van der Waals surface area contributed by atoms with E-state index in [0.29, 0.717) is 25.1 Å². The molecule has 0 aliphatic rings. The van der Waals surface area contributed by atoms with Gasteiger partial charge >= 0.3 is 0 Å². The van der Waals surface area contributed by atoms with Crippen LogP contribution in [0.1, 0.15) is 36.2 Å². The number of benzene rings is 1. The quantitative estimate of drug-likeness (QED) is 0.847. The van der Waals surface area contributed by atoms with E-state index in [1.807, 2.05) is 54.5 Å². The summed E-state index contributed by atoms with van der Waals surface area (Å²) in [7, 11) is 0. The molecule has 0 spiro atoms. The van der Waals surface area contributed by atoms with Gasteiger partial charge in [-0.2, -0.15) is 11.3 Å². The molecule has 0 aliphatic heterocycles. The fourth-order valence-electron chi connectivity index (χ4n) is 2.26. The highest BCUT2D eigenvalue weighted by Crippen LogP contribution is 2.10. The maximum atomic E-state index is 12.4. The van der Waals surface area contributed by atoms with Gasteiger partial charge in [-0.15, -0.1) is 0 Å². The minimum absolute atomic E-state index is 0.0504. The zero-order chi connectivity index (χ0) is 16.7. The standard InChI is InChI=1S/C18H22N2O2S/c1-14(2)20(12-15-6-4-3-5-7-15)17(21)8-10-19-18(22)16-9-11-23-13-16/h3-7,9,11,13-14H,8,10,12H2,1-2H3,(H,19,22). The van der Waals surface area contributed by atoms with E-state index in [0.717, 1.165) is 5.56 Å². The van der Waals surface area contributed by atoms with Gasteiger partial charge in [0.2, 0.25) is 5.91 Å². The molecule has 0 aliphatic carbocycles. The van der Waals surface area contributed by atoms with Crippen molar-refractivity contribution < 1.29 is 9.59 Å². The van der Waals surface area contributed by atoms with Crippen molar-refractivity contribution >= 4 is 23.2 Å². The molecule has 1 aromatic carbocycles. The number of nitrogens with one attached hydrogen (secondary N) is 1. The van der Waals surface area contributed by atoms with E-state index in [-0.39, 0.29) is 17.9 Å². The molecule has 0 bridgehead atoms. The number of rotatable bonds is 7. The highest BCUT2D eigenvalue weighted by atomic mass is 32.1. The van der Waals surface area contributed by atoms with Crippen LogP contribution in [0, 0.1) is 0 Å². The second-order valence-corrected chi connectivity index (χ2v) is 6.40. The molecule has 23 heavy (non-hydrogen) atoms. The largest absolute Gasteiger partial charge is 0.351 e. The van der Waals surface area contributed by atoms with E-state index in [1.54, 1.807) is 11.4 Å². The van der Waals surface area contributed by atoms with Crippen LogP contribution in [-0.2, 0) is 11.3 Å². The highest BCUT2D eigenvalue weighted by molar-refractivity contribution is 7.08. The molecule has 122 valence electrons. The summed E-state index contributed by atoms with van der Waals surface area (Å²) in [6, 6.07) is 11.8. The third-order valence-electron chi connectivity index (χ3n) is 3.55. The summed E-state index contributed by atoms with van der Waals surface area (Å²) in [6.45, 7) is 4.96. The van der Waals surface area contributed by atoms with Gasteiger partial charge in [0.15, 0.2) is 0 Å². The molecule has 0 radical (unpaired) electrons. The third kappa shape index (κ3) is 5.21. The first-order valence-corrected chi connectivity index (χ1v) is 8.66. The number of amides is 2. The summed E-state index contributed by atoms with van der Waals surface area (Å²) in [4.78, 5) is 26.1. The van der Waals surface area contributed by atoms with Crippen LogP contribution in [0.3, 0.4) is 0 Å². The van der Waals surface area contributed by atoms with Crippen molar-refractivity contribution in [3.63, 3.8) is 0 Å². The SMILES string of the molecule is CC(C)N(Cc1ccccc1)C(=O)CCNC(=O)c1ccsc1. The van der Waals surface area contributed by atoms with Gasteiger partial charge in [-0.25, -0.2) is 0 Å². The molecule has 2 amide bonds. The molecule has 1 heterocycles. The predicted octanol–water partition coefficient (Wildman–Crippen LogP) is 3.31. The lowest BCUT2D eigenvalue weighted by Gasteiger charge is -2.27. The Bertz CT molecular complexity index is 624. The summed E-state index contributed by atoms with van der Waals surface area (Å²) in [5.74, 6) is -0.0762. The first-order chi connectivity index (χ1) is 11.1. The van der Waals surface area contributed by atoms with E-state index in [9.17, 15) is 9.59 Å². The monoisotopic (exact) mass is 330 g/mol. The van der Waals surface area contributed by atoms with Crippen molar-refractivity contribution in [3.8, 4) is 0 Å². The summed E-state index contributed by atoms with van der Waals surface area (Å²) < 4.78 is 0. The fraction of sp³-hybridized carbons (Fsp3) is 0.333. The minimum atomic E-state index is -0.127. The number of hydrogen-bond acceptors (Lipinski definition) is 3. The molecule has 0 saturated heterocycles. The Morgan fingerprint density at radius 3 is 2.52 bits per heavy atom. The Kier molecular flexibility index (Phi) is 6.35. The zero-order valence-electron chi connectivity index (χ0n) is 13.5. The summed E-state index contributed by atoms with van der Waals surface area (Å²) in [5.41, 5.74) is 1.75. The molecule has 2 aromatic rings. The van der Waals surface area contributed by atoms with Gasteiger partial charge in [0.05, 0.1) is 0 Å². The number of hydrogen-bond donors (Lipinski definition) is 1. The van der Waals surface area contributed by atoms with Crippen LogP contribution in [0.2, 0.25) is 0 Å². The van der Waals surface area contributed by atoms with E-state index < -0.39 is 0 Å². The van der Waals surface area contributed by atoms with E-state index >= 15 is 0 Å². The Labute approximate surface area is 141 Å². The summed E-state index contributed by atoms with van der Waals surface area (Å²) in [6.07, 6.45) is 0.306. The lowest BCUT2D eigenvalue weighted by molar-refractivity contribution is -0.133. The molecule has 0 saturated carbocycles. The molecular formula is C18H22N2O2S. The van der Waals surface area contributed by atoms with Gasteiger partial charge in [-0.3, -0.25) is 9.59 Å². The van der Waals surface area contributed by atoms with Crippen LogP contribution < -0.4 is 5.32 Å². The zero-order valence-corrected chi connectivity index (χ0v) is 14.3. The Balaban J connectivity index is 1.85. The van der Waals surface area contributed by atoms with Crippen molar-refractivity contribution in [3.05, 3.63) is 58.3 Å². The second kappa shape index (κ2) is 8.48. The third-order valence-corrected chi connectivity index (χ3v) is 4.23. The predicted molar refractivity (Wildman–Crippen MR) is 93.4 cm³/mol. The van der Waals surface area contributed by atoms with Crippen molar-refractivity contribution in [1.82, 2.24) is 10.2 Å². The second-order valence-electron chi connectivity index (χ2n) is 5.62. The van der Waals surface area contributed by atoms with Crippen LogP contribution in [-0.4, -0.2) is 29.3 Å². The van der Waals surface area contributed by atoms with Crippen molar-refractivity contribution in [2.75, 3.05) is 6.54 Å². The minimum Gasteiger partial charge on any atom is -0.351 e. The van der Waals surface area contributed by atoms with Crippen LogP contribution in [0.25, 0.3) is 0 Å². The van der Waals surface area contributed by atoms with Gasteiger partial charge in [-0.05, 0) is 30.9 Å². The Morgan fingerprint density at radius 1 is 1.17 bits per heavy atom. The molecule has 0 unspecified atom stereocenters. The molecule has 0 atom stereocenters. The number of carbonyl (C=O) groups excluding carboxylic acids is 2. The summed E-state index contributed by atoms with van der Waals surface area (Å²) in [5, 5.41) is 6.45. The molecule has 4 nitrogen and oxygen atoms in total. The van der Waals surface area contributed by atoms with Crippen LogP contribution in [0.15, 0.2) is 47.2 Å². The first-order valence-electron chi connectivity index (χ1n) is 7.71. The lowest BCUT2D eigenvalue weighted by atomic mass is 10.1. The van der Waals surface area contributed by atoms with Gasteiger partial charge < -0.3 is 10.2 Å². The topological polar surface area (TPSA) is 49.4 Å². The first kappa shape index (κ1) is 17.2. The number of thiophene rings is 1.